The van der Waals surface area contributed by atoms with E-state index in [0.29, 0.717) is 19.5 Å². The van der Waals surface area contributed by atoms with Crippen LogP contribution in [0, 0.1) is 5.41 Å². The topological polar surface area (TPSA) is 60.9 Å². The summed E-state index contributed by atoms with van der Waals surface area (Å²) in [4.78, 5) is 27.3. The smallest absolute Gasteiger partial charge is 0.320 e. The number of likely N-dealkylation sites (tertiary alicyclic amines) is 1. The fourth-order valence-corrected chi connectivity index (χ4v) is 2.57. The number of nitrogens with zero attached hydrogens (tertiary/aromatic N) is 2. The van der Waals surface area contributed by atoms with E-state index < -0.39 is 11.4 Å². The highest BCUT2D eigenvalue weighted by molar-refractivity contribution is 5.78. The molecule has 0 radical (unpaired) electrons. The Morgan fingerprint density at radius 1 is 1.42 bits per heavy atom. The molecule has 0 bridgehead atoms. The lowest BCUT2D eigenvalue weighted by Crippen LogP contribution is -2.54. The first-order valence-electron chi connectivity index (χ1n) is 7.10. The van der Waals surface area contributed by atoms with Crippen LogP contribution in [-0.4, -0.2) is 52.6 Å². The predicted molar refractivity (Wildman–Crippen MR) is 74.1 cm³/mol. The van der Waals surface area contributed by atoms with Crippen molar-refractivity contribution in [1.29, 1.82) is 0 Å². The highest BCUT2D eigenvalue weighted by Gasteiger charge is 2.40. The van der Waals surface area contributed by atoms with Crippen molar-refractivity contribution in [3.63, 3.8) is 0 Å². The van der Waals surface area contributed by atoms with Gasteiger partial charge in [0.25, 0.3) is 0 Å². The molecule has 19 heavy (non-hydrogen) atoms. The van der Waals surface area contributed by atoms with Gasteiger partial charge >= 0.3 is 12.0 Å². The Labute approximate surface area is 115 Å². The van der Waals surface area contributed by atoms with Crippen LogP contribution in [0.15, 0.2) is 0 Å². The number of rotatable bonds is 4. The average molecular weight is 270 g/mol. The third-order valence-corrected chi connectivity index (χ3v) is 3.82. The summed E-state index contributed by atoms with van der Waals surface area (Å²) >= 11 is 0. The summed E-state index contributed by atoms with van der Waals surface area (Å²) in [6, 6.07) is 0.120. The molecule has 1 heterocycles. The first kappa shape index (κ1) is 15.8. The summed E-state index contributed by atoms with van der Waals surface area (Å²) in [6.45, 7) is 9.45. The van der Waals surface area contributed by atoms with Gasteiger partial charge in [0, 0.05) is 25.7 Å². The molecule has 0 aliphatic carbocycles. The van der Waals surface area contributed by atoms with Crippen molar-refractivity contribution in [3.8, 4) is 0 Å². The zero-order valence-electron chi connectivity index (χ0n) is 12.5. The summed E-state index contributed by atoms with van der Waals surface area (Å²) in [6.07, 6.45) is 2.31. The van der Waals surface area contributed by atoms with E-state index in [-0.39, 0.29) is 12.1 Å². The zero-order chi connectivity index (χ0) is 14.6. The summed E-state index contributed by atoms with van der Waals surface area (Å²) in [5, 5.41) is 9.30. The molecule has 1 unspecified atom stereocenters. The maximum Gasteiger partial charge on any atom is 0.320 e. The van der Waals surface area contributed by atoms with Crippen LogP contribution in [0.25, 0.3) is 0 Å². The van der Waals surface area contributed by atoms with Crippen LogP contribution in [0.3, 0.4) is 0 Å². The molecule has 5 heteroatoms. The molecular formula is C14H26N2O3. The van der Waals surface area contributed by atoms with Gasteiger partial charge < -0.3 is 14.9 Å². The van der Waals surface area contributed by atoms with Crippen LogP contribution < -0.4 is 0 Å². The van der Waals surface area contributed by atoms with Crippen LogP contribution in [0.4, 0.5) is 4.79 Å². The summed E-state index contributed by atoms with van der Waals surface area (Å²) in [5.41, 5.74) is -0.803. The van der Waals surface area contributed by atoms with Crippen molar-refractivity contribution in [2.75, 3.05) is 19.6 Å². The van der Waals surface area contributed by atoms with Crippen molar-refractivity contribution in [2.45, 2.75) is 53.0 Å². The minimum Gasteiger partial charge on any atom is -0.481 e. The Morgan fingerprint density at radius 2 is 2.05 bits per heavy atom. The second-order valence-corrected chi connectivity index (χ2v) is 5.96. The molecule has 2 amide bonds. The van der Waals surface area contributed by atoms with E-state index in [1.54, 1.807) is 11.8 Å². The first-order valence-corrected chi connectivity index (χ1v) is 7.10. The number of hydrogen-bond donors (Lipinski definition) is 1. The Hall–Kier alpha value is -1.26. The van der Waals surface area contributed by atoms with E-state index in [9.17, 15) is 14.7 Å². The van der Waals surface area contributed by atoms with Crippen molar-refractivity contribution < 1.29 is 14.7 Å². The Bertz CT molecular complexity index is 344. The number of carboxylic acids is 1. The van der Waals surface area contributed by atoms with Gasteiger partial charge in [0.15, 0.2) is 0 Å². The second-order valence-electron chi connectivity index (χ2n) is 5.96. The van der Waals surface area contributed by atoms with Crippen LogP contribution in [-0.2, 0) is 4.79 Å². The largest absolute Gasteiger partial charge is 0.481 e. The lowest BCUT2D eigenvalue weighted by atomic mass is 9.82. The number of amides is 2. The van der Waals surface area contributed by atoms with Crippen LogP contribution >= 0.6 is 0 Å². The fraction of sp³-hybridized carbons (Fsp3) is 0.857. The van der Waals surface area contributed by atoms with Gasteiger partial charge in [-0.2, -0.15) is 0 Å². The third-order valence-electron chi connectivity index (χ3n) is 3.82. The lowest BCUT2D eigenvalue weighted by Gasteiger charge is -2.40. The van der Waals surface area contributed by atoms with E-state index in [2.05, 4.69) is 0 Å². The highest BCUT2D eigenvalue weighted by atomic mass is 16.4. The standard InChI is InChI=1S/C14H26N2O3/c1-5-8-16(11(2)3)13(19)15-9-6-7-14(4,10-15)12(17)18/h11H,5-10H2,1-4H3,(H,17,18). The van der Waals surface area contributed by atoms with Crippen LogP contribution in [0.1, 0.15) is 47.0 Å². The van der Waals surface area contributed by atoms with Gasteiger partial charge in [-0.3, -0.25) is 4.79 Å². The molecule has 1 atom stereocenters. The maximum atomic E-state index is 12.5. The van der Waals surface area contributed by atoms with E-state index in [4.69, 9.17) is 0 Å². The average Bonchev–Trinajstić information content (AvgIpc) is 2.34. The number of carbonyl (C=O) groups is 2. The molecule has 0 spiro atoms. The number of hydrogen-bond acceptors (Lipinski definition) is 2. The van der Waals surface area contributed by atoms with Gasteiger partial charge in [-0.15, -0.1) is 0 Å². The summed E-state index contributed by atoms with van der Waals surface area (Å²) < 4.78 is 0. The normalized spacial score (nSPS) is 23.5. The number of carboxylic acid groups (broad SMARTS) is 1. The highest BCUT2D eigenvalue weighted by Crippen LogP contribution is 2.30. The molecule has 1 fully saturated rings. The number of aliphatic carboxylic acids is 1. The molecule has 0 aromatic rings. The SMILES string of the molecule is CCCN(C(=O)N1CCCC(C)(C(=O)O)C1)C(C)C. The second kappa shape index (κ2) is 6.26. The molecule has 1 N–H and O–H groups in total. The van der Waals surface area contributed by atoms with Crippen molar-refractivity contribution >= 4 is 12.0 Å². The van der Waals surface area contributed by atoms with Gasteiger partial charge in [-0.05, 0) is 40.0 Å². The van der Waals surface area contributed by atoms with E-state index in [0.717, 1.165) is 19.4 Å². The third kappa shape index (κ3) is 3.61. The minimum atomic E-state index is -0.809. The Kier molecular flexibility index (Phi) is 5.20. The summed E-state index contributed by atoms with van der Waals surface area (Å²) in [5.74, 6) is -0.809. The number of piperidine rings is 1. The molecule has 0 aromatic carbocycles. The zero-order valence-corrected chi connectivity index (χ0v) is 12.5. The van der Waals surface area contributed by atoms with Crippen molar-refractivity contribution in [1.82, 2.24) is 9.80 Å². The molecule has 1 saturated heterocycles. The minimum absolute atomic E-state index is 0.0241. The van der Waals surface area contributed by atoms with E-state index in [1.165, 1.54) is 0 Å². The molecule has 1 aliphatic rings. The molecule has 0 aromatic heterocycles. The Morgan fingerprint density at radius 3 is 2.53 bits per heavy atom. The molecule has 110 valence electrons. The molecule has 1 aliphatic heterocycles. The summed E-state index contributed by atoms with van der Waals surface area (Å²) in [7, 11) is 0. The lowest BCUT2D eigenvalue weighted by molar-refractivity contribution is -0.150. The van der Waals surface area contributed by atoms with Gasteiger partial charge in [0.1, 0.15) is 0 Å². The van der Waals surface area contributed by atoms with E-state index >= 15 is 0 Å². The first-order chi connectivity index (χ1) is 8.81. The predicted octanol–water partition coefficient (Wildman–Crippen LogP) is 2.41. The van der Waals surface area contributed by atoms with Crippen LogP contribution in [0.5, 0.6) is 0 Å². The number of urea groups is 1. The molecule has 5 nitrogen and oxygen atoms in total. The van der Waals surface area contributed by atoms with Crippen molar-refractivity contribution in [2.24, 2.45) is 5.41 Å². The fourth-order valence-electron chi connectivity index (χ4n) is 2.57. The number of carbonyl (C=O) groups excluding carboxylic acids is 1. The van der Waals surface area contributed by atoms with Crippen molar-refractivity contribution in [3.05, 3.63) is 0 Å². The van der Waals surface area contributed by atoms with Gasteiger partial charge in [0.2, 0.25) is 0 Å². The molecular weight excluding hydrogens is 244 g/mol. The van der Waals surface area contributed by atoms with Gasteiger partial charge in [0.05, 0.1) is 5.41 Å². The van der Waals surface area contributed by atoms with Crippen LogP contribution in [0.2, 0.25) is 0 Å². The maximum absolute atomic E-state index is 12.5. The monoisotopic (exact) mass is 270 g/mol. The Balaban J connectivity index is 2.78. The van der Waals surface area contributed by atoms with Gasteiger partial charge in [-0.1, -0.05) is 6.92 Å². The quantitative estimate of drug-likeness (QED) is 0.853. The van der Waals surface area contributed by atoms with Gasteiger partial charge in [-0.25, -0.2) is 4.79 Å². The molecule has 1 rings (SSSR count). The molecule has 0 saturated carbocycles. The van der Waals surface area contributed by atoms with E-state index in [1.807, 2.05) is 25.7 Å².